The molecular formula is C19H12BrFN4. The number of hydrogen-bond acceptors (Lipinski definition) is 4. The largest absolute Gasteiger partial charge is 0.265 e. The van der Waals surface area contributed by atoms with Crippen molar-refractivity contribution < 1.29 is 4.39 Å². The van der Waals surface area contributed by atoms with Crippen molar-refractivity contribution in [3.63, 3.8) is 0 Å². The average Bonchev–Trinajstić information content (AvgIpc) is 2.82. The van der Waals surface area contributed by atoms with Gasteiger partial charge in [-0.1, -0.05) is 28.1 Å². The van der Waals surface area contributed by atoms with Crippen LogP contribution in [-0.2, 0) is 0 Å². The van der Waals surface area contributed by atoms with Crippen LogP contribution in [0.3, 0.4) is 0 Å². The fourth-order valence-electron chi connectivity index (χ4n) is 2.58. The molecule has 2 aromatic carbocycles. The molecule has 0 saturated carbocycles. The van der Waals surface area contributed by atoms with Gasteiger partial charge in [-0.2, -0.15) is 5.10 Å². The SMILES string of the molecule is Fc1ccc2c(c1)C(c1ccncc1)=NNC(c1ccc(Br)cc1)=N2. The summed E-state index contributed by atoms with van der Waals surface area (Å²) in [6.45, 7) is 0. The Morgan fingerprint density at radius 2 is 1.64 bits per heavy atom. The second kappa shape index (κ2) is 6.57. The van der Waals surface area contributed by atoms with Gasteiger partial charge in [0.2, 0.25) is 0 Å². The van der Waals surface area contributed by atoms with E-state index in [2.05, 4.69) is 36.4 Å². The summed E-state index contributed by atoms with van der Waals surface area (Å²) < 4.78 is 14.8. The number of aromatic nitrogens is 1. The summed E-state index contributed by atoms with van der Waals surface area (Å²) in [4.78, 5) is 8.67. The van der Waals surface area contributed by atoms with Crippen LogP contribution in [0.1, 0.15) is 16.7 Å². The molecule has 0 fully saturated rings. The van der Waals surface area contributed by atoms with E-state index in [1.807, 2.05) is 36.4 Å². The summed E-state index contributed by atoms with van der Waals surface area (Å²) >= 11 is 3.42. The molecule has 2 heterocycles. The van der Waals surface area contributed by atoms with Gasteiger partial charge < -0.3 is 0 Å². The van der Waals surface area contributed by atoms with Crippen molar-refractivity contribution in [3.05, 3.63) is 94.0 Å². The lowest BCUT2D eigenvalue weighted by Crippen LogP contribution is -2.19. The van der Waals surface area contributed by atoms with Crippen LogP contribution >= 0.6 is 15.9 Å². The zero-order valence-corrected chi connectivity index (χ0v) is 14.5. The van der Waals surface area contributed by atoms with Crippen molar-refractivity contribution in [1.29, 1.82) is 0 Å². The van der Waals surface area contributed by atoms with Crippen LogP contribution in [-0.4, -0.2) is 16.5 Å². The molecule has 0 amide bonds. The van der Waals surface area contributed by atoms with Crippen LogP contribution in [0.25, 0.3) is 0 Å². The van der Waals surface area contributed by atoms with Gasteiger partial charge in [0.15, 0.2) is 5.84 Å². The molecule has 0 saturated heterocycles. The molecule has 0 unspecified atom stereocenters. The first-order valence-corrected chi connectivity index (χ1v) is 8.39. The van der Waals surface area contributed by atoms with Crippen molar-refractivity contribution >= 4 is 33.2 Å². The zero-order valence-electron chi connectivity index (χ0n) is 12.9. The molecule has 122 valence electrons. The standard InChI is InChI=1S/C19H12BrFN4/c20-14-3-1-13(2-4-14)19-23-17-6-5-15(21)11-16(17)18(24-25-19)12-7-9-22-10-8-12/h1-11H,(H,23,25). The predicted octanol–water partition coefficient (Wildman–Crippen LogP) is 4.42. The first-order valence-electron chi connectivity index (χ1n) is 7.59. The molecule has 3 aromatic rings. The highest BCUT2D eigenvalue weighted by Crippen LogP contribution is 2.26. The number of halogens is 2. The molecule has 4 rings (SSSR count). The number of nitrogens with zero attached hydrogens (tertiary/aromatic N) is 3. The number of rotatable bonds is 2. The molecular weight excluding hydrogens is 383 g/mol. The van der Waals surface area contributed by atoms with Gasteiger partial charge in [-0.25, -0.2) is 9.38 Å². The van der Waals surface area contributed by atoms with E-state index in [1.165, 1.54) is 12.1 Å². The third kappa shape index (κ3) is 3.21. The Kier molecular flexibility index (Phi) is 4.11. The Morgan fingerprint density at radius 1 is 0.880 bits per heavy atom. The molecule has 0 aliphatic carbocycles. The van der Waals surface area contributed by atoms with Gasteiger partial charge in [0.1, 0.15) is 11.5 Å². The molecule has 0 atom stereocenters. The second-order valence-electron chi connectivity index (χ2n) is 5.44. The fraction of sp³-hybridized carbons (Fsp3) is 0. The van der Waals surface area contributed by atoms with E-state index in [-0.39, 0.29) is 5.82 Å². The van der Waals surface area contributed by atoms with E-state index in [9.17, 15) is 4.39 Å². The van der Waals surface area contributed by atoms with E-state index in [1.54, 1.807) is 18.5 Å². The number of pyridine rings is 1. The van der Waals surface area contributed by atoms with Crippen molar-refractivity contribution in [3.8, 4) is 0 Å². The number of benzene rings is 2. The summed E-state index contributed by atoms with van der Waals surface area (Å²) in [5.74, 6) is 0.271. The smallest absolute Gasteiger partial charge is 0.154 e. The molecule has 1 aliphatic rings. The van der Waals surface area contributed by atoms with Crippen LogP contribution < -0.4 is 5.43 Å². The van der Waals surface area contributed by atoms with Crippen molar-refractivity contribution in [1.82, 2.24) is 10.4 Å². The van der Waals surface area contributed by atoms with Crippen molar-refractivity contribution in [2.45, 2.75) is 0 Å². The Labute approximate surface area is 152 Å². The molecule has 0 spiro atoms. The topological polar surface area (TPSA) is 49.6 Å². The first-order chi connectivity index (χ1) is 12.2. The number of nitrogens with one attached hydrogen (secondary N) is 1. The van der Waals surface area contributed by atoms with E-state index >= 15 is 0 Å². The number of hydrazone groups is 1. The predicted molar refractivity (Wildman–Crippen MR) is 99.8 cm³/mol. The molecule has 0 radical (unpaired) electrons. The number of hydrogen-bond donors (Lipinski definition) is 1. The third-order valence-electron chi connectivity index (χ3n) is 3.79. The minimum Gasteiger partial charge on any atom is -0.265 e. The molecule has 25 heavy (non-hydrogen) atoms. The van der Waals surface area contributed by atoms with E-state index in [0.717, 1.165) is 15.6 Å². The number of fused-ring (bicyclic) bond motifs is 1. The van der Waals surface area contributed by atoms with Gasteiger partial charge in [0, 0.05) is 33.6 Å². The van der Waals surface area contributed by atoms with Gasteiger partial charge >= 0.3 is 0 Å². The lowest BCUT2D eigenvalue weighted by Gasteiger charge is -2.07. The molecule has 6 heteroatoms. The molecule has 1 aliphatic heterocycles. The molecule has 1 N–H and O–H groups in total. The van der Waals surface area contributed by atoms with Gasteiger partial charge in [-0.3, -0.25) is 10.4 Å². The second-order valence-corrected chi connectivity index (χ2v) is 6.35. The van der Waals surface area contributed by atoms with Gasteiger partial charge in [0.05, 0.1) is 5.69 Å². The van der Waals surface area contributed by atoms with Crippen LogP contribution in [0.15, 0.2) is 81.6 Å². The average molecular weight is 395 g/mol. The zero-order chi connectivity index (χ0) is 17.2. The summed E-state index contributed by atoms with van der Waals surface area (Å²) in [5.41, 5.74) is 6.64. The van der Waals surface area contributed by atoms with Crippen LogP contribution in [0.5, 0.6) is 0 Å². The lowest BCUT2D eigenvalue weighted by atomic mass is 10.0. The minimum absolute atomic E-state index is 0.331. The highest BCUT2D eigenvalue weighted by Gasteiger charge is 2.17. The van der Waals surface area contributed by atoms with E-state index in [4.69, 9.17) is 0 Å². The fourth-order valence-corrected chi connectivity index (χ4v) is 2.84. The van der Waals surface area contributed by atoms with Gasteiger partial charge in [-0.05, 0) is 42.5 Å². The minimum atomic E-state index is -0.331. The van der Waals surface area contributed by atoms with Gasteiger partial charge in [0.25, 0.3) is 0 Å². The Morgan fingerprint density at radius 3 is 2.40 bits per heavy atom. The first kappa shape index (κ1) is 15.7. The normalized spacial score (nSPS) is 13.2. The quantitative estimate of drug-likeness (QED) is 0.699. The maximum Gasteiger partial charge on any atom is 0.154 e. The van der Waals surface area contributed by atoms with Crippen LogP contribution in [0.4, 0.5) is 10.1 Å². The molecule has 0 bridgehead atoms. The number of amidine groups is 1. The van der Waals surface area contributed by atoms with Crippen molar-refractivity contribution in [2.24, 2.45) is 10.1 Å². The maximum atomic E-state index is 13.8. The van der Waals surface area contributed by atoms with E-state index in [0.29, 0.717) is 22.8 Å². The maximum absolute atomic E-state index is 13.8. The lowest BCUT2D eigenvalue weighted by molar-refractivity contribution is 0.627. The van der Waals surface area contributed by atoms with Crippen LogP contribution in [0, 0.1) is 5.82 Å². The van der Waals surface area contributed by atoms with Crippen LogP contribution in [0.2, 0.25) is 0 Å². The Bertz CT molecular complexity index is 982. The summed E-state index contributed by atoms with van der Waals surface area (Å²) in [7, 11) is 0. The van der Waals surface area contributed by atoms with Gasteiger partial charge in [-0.15, -0.1) is 0 Å². The highest BCUT2D eigenvalue weighted by molar-refractivity contribution is 9.10. The molecule has 1 aromatic heterocycles. The third-order valence-corrected chi connectivity index (χ3v) is 4.32. The Balaban J connectivity index is 1.87. The highest BCUT2D eigenvalue weighted by atomic mass is 79.9. The summed E-state index contributed by atoms with van der Waals surface area (Å²) in [6, 6.07) is 15.9. The van der Waals surface area contributed by atoms with Crippen molar-refractivity contribution in [2.75, 3.05) is 0 Å². The Hall–Kier alpha value is -2.86. The monoisotopic (exact) mass is 394 g/mol. The molecule has 4 nitrogen and oxygen atoms in total. The van der Waals surface area contributed by atoms with E-state index < -0.39 is 0 Å². The number of aliphatic imine (C=N–C) groups is 1. The summed E-state index contributed by atoms with van der Waals surface area (Å²) in [6.07, 6.45) is 3.36. The summed E-state index contributed by atoms with van der Waals surface area (Å²) in [5, 5.41) is 4.49.